The lowest BCUT2D eigenvalue weighted by Crippen LogP contribution is -2.20. The lowest BCUT2D eigenvalue weighted by molar-refractivity contribution is -0.136. The van der Waals surface area contributed by atoms with E-state index < -0.39 is 5.97 Å². The number of aliphatic hydroxyl groups excluding tert-OH is 1. The zero-order valence-electron chi connectivity index (χ0n) is 9.80. The van der Waals surface area contributed by atoms with E-state index in [1.165, 1.54) is 30.4 Å². The Bertz CT molecular complexity index is 658. The van der Waals surface area contributed by atoms with Crippen LogP contribution in [0.4, 0.5) is 0 Å². The highest BCUT2D eigenvalue weighted by Gasteiger charge is 2.27. The van der Waals surface area contributed by atoms with Gasteiger partial charge in [-0.1, -0.05) is 6.07 Å². The molecule has 0 fully saturated rings. The van der Waals surface area contributed by atoms with Crippen LogP contribution in [0.2, 0.25) is 0 Å². The minimum Gasteiger partial charge on any atom is -0.504 e. The molecule has 7 heteroatoms. The Morgan fingerprint density at radius 2 is 2.26 bits per heavy atom. The molecule has 98 valence electrons. The first-order valence-electron chi connectivity index (χ1n) is 5.33. The second-order valence-corrected chi connectivity index (χ2v) is 6.55. The van der Waals surface area contributed by atoms with Gasteiger partial charge in [0.25, 0.3) is 0 Å². The standard InChI is InChI=1S/C12H9NO3S3/c1-16-12(15)9-10(14)11-8(19-13-9)5-7(18-11)6-3-2-4-17-6/h2-5,13-14H,1H3. The molecular weight excluding hydrogens is 302 g/mol. The number of hydrogen-bond acceptors (Lipinski definition) is 7. The van der Waals surface area contributed by atoms with Gasteiger partial charge in [0.15, 0.2) is 11.5 Å². The predicted molar refractivity (Wildman–Crippen MR) is 78.2 cm³/mol. The van der Waals surface area contributed by atoms with Crippen molar-refractivity contribution in [3.8, 4) is 9.75 Å². The summed E-state index contributed by atoms with van der Waals surface area (Å²) in [4.78, 5) is 15.4. The summed E-state index contributed by atoms with van der Waals surface area (Å²) >= 11 is 4.42. The Labute approximate surface area is 121 Å². The van der Waals surface area contributed by atoms with Crippen molar-refractivity contribution in [3.63, 3.8) is 0 Å². The summed E-state index contributed by atoms with van der Waals surface area (Å²) in [7, 11) is 1.29. The van der Waals surface area contributed by atoms with Gasteiger partial charge < -0.3 is 14.6 Å². The fourth-order valence-corrected chi connectivity index (χ4v) is 4.58. The highest BCUT2D eigenvalue weighted by molar-refractivity contribution is 7.97. The van der Waals surface area contributed by atoms with E-state index in [9.17, 15) is 9.90 Å². The van der Waals surface area contributed by atoms with Gasteiger partial charge in [-0.25, -0.2) is 4.79 Å². The van der Waals surface area contributed by atoms with Crippen LogP contribution in [0.3, 0.4) is 0 Å². The van der Waals surface area contributed by atoms with Crippen LogP contribution in [0.15, 0.2) is 34.2 Å². The number of esters is 1. The fraction of sp³-hybridized carbons (Fsp3) is 0.0833. The summed E-state index contributed by atoms with van der Waals surface area (Å²) in [5, 5.41) is 12.2. The van der Waals surface area contributed by atoms with Crippen molar-refractivity contribution >= 4 is 46.3 Å². The summed E-state index contributed by atoms with van der Waals surface area (Å²) < 4.78 is 7.44. The first-order chi connectivity index (χ1) is 9.20. The maximum Gasteiger partial charge on any atom is 0.358 e. The van der Waals surface area contributed by atoms with Gasteiger partial charge in [-0.3, -0.25) is 0 Å². The zero-order chi connectivity index (χ0) is 13.4. The monoisotopic (exact) mass is 311 g/mol. The van der Waals surface area contributed by atoms with Crippen LogP contribution >= 0.6 is 34.6 Å². The summed E-state index contributed by atoms with van der Waals surface area (Å²) in [6.45, 7) is 0. The first kappa shape index (κ1) is 12.6. The van der Waals surface area contributed by atoms with Crippen LogP contribution in [-0.4, -0.2) is 18.2 Å². The minimum absolute atomic E-state index is 0.0478. The molecule has 2 N–H and O–H groups in total. The van der Waals surface area contributed by atoms with Gasteiger partial charge in [0.1, 0.15) is 0 Å². The molecule has 0 radical (unpaired) electrons. The summed E-state index contributed by atoms with van der Waals surface area (Å²) in [5.74, 6) is -0.616. The third-order valence-electron chi connectivity index (χ3n) is 2.57. The number of aliphatic hydroxyl groups is 1. The number of rotatable bonds is 2. The van der Waals surface area contributed by atoms with Crippen LogP contribution in [0, 0.1) is 0 Å². The van der Waals surface area contributed by atoms with Gasteiger partial charge in [-0.05, 0) is 29.5 Å². The number of nitrogens with one attached hydrogen (secondary N) is 1. The van der Waals surface area contributed by atoms with Crippen LogP contribution in [0.1, 0.15) is 4.88 Å². The Morgan fingerprint density at radius 3 is 2.95 bits per heavy atom. The second-order valence-electron chi connectivity index (χ2n) is 3.70. The smallest absolute Gasteiger partial charge is 0.358 e. The van der Waals surface area contributed by atoms with Gasteiger partial charge in [0.05, 0.1) is 16.9 Å². The topological polar surface area (TPSA) is 58.6 Å². The Hall–Kier alpha value is -1.44. The van der Waals surface area contributed by atoms with E-state index in [-0.39, 0.29) is 11.5 Å². The Balaban J connectivity index is 2.05. The average Bonchev–Trinajstić information content (AvgIpc) is 3.07. The molecule has 2 aromatic rings. The molecule has 4 nitrogen and oxygen atoms in total. The van der Waals surface area contributed by atoms with E-state index in [0.717, 1.165) is 14.6 Å². The summed E-state index contributed by atoms with van der Waals surface area (Å²) in [5.41, 5.74) is 0.0968. The van der Waals surface area contributed by atoms with Gasteiger partial charge in [0, 0.05) is 9.75 Å². The molecule has 0 saturated heterocycles. The molecule has 0 atom stereocenters. The third kappa shape index (κ3) is 2.13. The van der Waals surface area contributed by atoms with Crippen molar-refractivity contribution in [2.45, 2.75) is 4.90 Å². The number of ether oxygens (including phenoxy) is 1. The summed E-state index contributed by atoms with van der Waals surface area (Å²) in [6, 6.07) is 6.02. The highest BCUT2D eigenvalue weighted by Crippen LogP contribution is 2.43. The van der Waals surface area contributed by atoms with Crippen molar-refractivity contribution < 1.29 is 14.6 Å². The predicted octanol–water partition coefficient (Wildman–Crippen LogP) is 3.49. The van der Waals surface area contributed by atoms with Gasteiger partial charge >= 0.3 is 5.97 Å². The zero-order valence-corrected chi connectivity index (χ0v) is 12.2. The van der Waals surface area contributed by atoms with E-state index in [2.05, 4.69) is 9.46 Å². The molecule has 0 aromatic carbocycles. The Morgan fingerprint density at radius 1 is 1.42 bits per heavy atom. The van der Waals surface area contributed by atoms with Crippen molar-refractivity contribution in [1.29, 1.82) is 0 Å². The number of hydrogen-bond donors (Lipinski definition) is 2. The normalized spacial score (nSPS) is 13.9. The Kier molecular flexibility index (Phi) is 3.26. The molecule has 3 heterocycles. The van der Waals surface area contributed by atoms with Crippen molar-refractivity contribution in [2.24, 2.45) is 0 Å². The van der Waals surface area contributed by atoms with Gasteiger partial charge in [0.2, 0.25) is 0 Å². The maximum atomic E-state index is 11.5. The molecule has 0 unspecified atom stereocenters. The number of thiophene rings is 2. The quantitative estimate of drug-likeness (QED) is 0.657. The molecule has 0 amide bonds. The molecule has 1 aliphatic heterocycles. The maximum absolute atomic E-state index is 11.5. The first-order valence-corrected chi connectivity index (χ1v) is 7.84. The van der Waals surface area contributed by atoms with E-state index in [0.29, 0.717) is 4.88 Å². The largest absolute Gasteiger partial charge is 0.504 e. The minimum atomic E-state index is -0.568. The van der Waals surface area contributed by atoms with Crippen molar-refractivity contribution in [2.75, 3.05) is 7.11 Å². The van der Waals surface area contributed by atoms with Crippen LogP contribution < -0.4 is 4.72 Å². The number of carbonyl (C=O) groups is 1. The van der Waals surface area contributed by atoms with Crippen LogP contribution in [0.5, 0.6) is 0 Å². The SMILES string of the molecule is COC(=O)C1=C(O)c2sc(-c3cccs3)cc2SN1. The molecule has 0 bridgehead atoms. The molecule has 1 aliphatic rings. The van der Waals surface area contributed by atoms with E-state index >= 15 is 0 Å². The number of methoxy groups -OCH3 is 1. The fourth-order valence-electron chi connectivity index (χ4n) is 1.66. The van der Waals surface area contributed by atoms with Crippen molar-refractivity contribution in [1.82, 2.24) is 4.72 Å². The highest BCUT2D eigenvalue weighted by atomic mass is 32.2. The molecule has 19 heavy (non-hydrogen) atoms. The van der Waals surface area contributed by atoms with E-state index in [1.54, 1.807) is 11.3 Å². The van der Waals surface area contributed by atoms with Crippen molar-refractivity contribution in [3.05, 3.63) is 34.2 Å². The van der Waals surface area contributed by atoms with Gasteiger partial charge in [-0.2, -0.15) is 0 Å². The lowest BCUT2D eigenvalue weighted by Gasteiger charge is -2.15. The van der Waals surface area contributed by atoms with Gasteiger partial charge in [-0.15, -0.1) is 22.7 Å². The average molecular weight is 311 g/mol. The molecule has 3 rings (SSSR count). The molecular formula is C12H9NO3S3. The lowest BCUT2D eigenvalue weighted by atomic mass is 10.3. The molecule has 0 spiro atoms. The third-order valence-corrected chi connectivity index (χ3v) is 5.75. The number of carbonyl (C=O) groups excluding carboxylic acids is 1. The summed E-state index contributed by atoms with van der Waals surface area (Å²) in [6.07, 6.45) is 0. The van der Waals surface area contributed by atoms with E-state index in [1.807, 2.05) is 23.6 Å². The molecule has 0 saturated carbocycles. The second kappa shape index (κ2) is 4.92. The molecule has 0 aliphatic carbocycles. The van der Waals surface area contributed by atoms with E-state index in [4.69, 9.17) is 0 Å². The number of fused-ring (bicyclic) bond motifs is 1. The molecule has 2 aromatic heterocycles. The van der Waals surface area contributed by atoms with Crippen LogP contribution in [-0.2, 0) is 9.53 Å². The van der Waals surface area contributed by atoms with Crippen LogP contribution in [0.25, 0.3) is 15.5 Å².